The summed E-state index contributed by atoms with van der Waals surface area (Å²) in [4.78, 5) is 27.6. The number of carbonyl (C=O) groups is 2. The summed E-state index contributed by atoms with van der Waals surface area (Å²) in [6, 6.07) is 27.8. The Hall–Kier alpha value is -4.12. The summed E-state index contributed by atoms with van der Waals surface area (Å²) in [5.74, 6) is -0.200. The van der Waals surface area contributed by atoms with Gasteiger partial charge in [-0.05, 0) is 49.8 Å². The van der Waals surface area contributed by atoms with Crippen LogP contribution in [-0.4, -0.2) is 17.9 Å². The molecule has 1 N–H and O–H groups in total. The largest absolute Gasteiger partial charge is 0.489 e. The third kappa shape index (κ3) is 5.68. The second kappa shape index (κ2) is 11.7. The molecule has 3 atom stereocenters. The Balaban J connectivity index is 1.57. The van der Waals surface area contributed by atoms with Crippen molar-refractivity contribution < 1.29 is 19.1 Å². The van der Waals surface area contributed by atoms with Crippen LogP contribution in [-0.2, 0) is 20.9 Å². The van der Waals surface area contributed by atoms with E-state index in [4.69, 9.17) is 9.47 Å². The minimum Gasteiger partial charge on any atom is -0.489 e. The maximum Gasteiger partial charge on any atom is 0.337 e. The third-order valence-corrected chi connectivity index (χ3v) is 7.67. The van der Waals surface area contributed by atoms with Crippen molar-refractivity contribution in [3.63, 3.8) is 0 Å². The lowest BCUT2D eigenvalue weighted by molar-refractivity contribution is -0.144. The summed E-state index contributed by atoms with van der Waals surface area (Å²) in [6.07, 6.45) is 1.56. The smallest absolute Gasteiger partial charge is 0.337 e. The number of nitrogens with one attached hydrogen (secondary N) is 1. The minimum absolute atomic E-state index is 0.0433. The van der Waals surface area contributed by atoms with Crippen LogP contribution in [0.4, 0.5) is 0 Å². The maximum absolute atomic E-state index is 13.9. The molecular formula is C34H35NO4. The molecule has 0 fully saturated rings. The highest BCUT2D eigenvalue weighted by Crippen LogP contribution is 2.47. The summed E-state index contributed by atoms with van der Waals surface area (Å²) in [7, 11) is 0. The number of rotatable bonds is 8. The Morgan fingerprint density at radius 1 is 0.949 bits per heavy atom. The van der Waals surface area contributed by atoms with E-state index in [9.17, 15) is 9.59 Å². The van der Waals surface area contributed by atoms with E-state index in [-0.39, 0.29) is 17.8 Å². The first-order chi connectivity index (χ1) is 19.0. The van der Waals surface area contributed by atoms with E-state index >= 15 is 0 Å². The van der Waals surface area contributed by atoms with Crippen LogP contribution >= 0.6 is 0 Å². The number of ether oxygens (including phenoxy) is 2. The number of esters is 1. The van der Waals surface area contributed by atoms with E-state index in [2.05, 4.69) is 17.4 Å². The second-order valence-corrected chi connectivity index (χ2v) is 10.4. The van der Waals surface area contributed by atoms with E-state index in [0.29, 0.717) is 48.5 Å². The fraction of sp³-hybridized carbons (Fsp3) is 0.294. The Kier molecular flexibility index (Phi) is 7.97. The molecule has 0 bridgehead atoms. The molecule has 200 valence electrons. The van der Waals surface area contributed by atoms with Crippen LogP contribution in [0.2, 0.25) is 0 Å². The molecule has 1 heterocycles. The monoisotopic (exact) mass is 521 g/mol. The summed E-state index contributed by atoms with van der Waals surface area (Å²) in [5, 5.41) is 3.44. The molecular weight excluding hydrogens is 486 g/mol. The van der Waals surface area contributed by atoms with Crippen molar-refractivity contribution >= 4 is 11.8 Å². The van der Waals surface area contributed by atoms with Gasteiger partial charge in [0.25, 0.3) is 0 Å². The zero-order valence-corrected chi connectivity index (χ0v) is 22.8. The van der Waals surface area contributed by atoms with Crippen molar-refractivity contribution in [1.82, 2.24) is 5.32 Å². The van der Waals surface area contributed by atoms with Crippen LogP contribution in [0, 0.1) is 0 Å². The van der Waals surface area contributed by atoms with E-state index in [0.717, 1.165) is 22.4 Å². The average Bonchev–Trinajstić information content (AvgIpc) is 2.96. The summed E-state index contributed by atoms with van der Waals surface area (Å²) in [5.41, 5.74) is 5.68. The molecule has 5 rings (SSSR count). The Bertz CT molecular complexity index is 1410. The molecule has 5 nitrogen and oxygen atoms in total. The molecule has 0 aromatic heterocycles. The molecule has 0 radical (unpaired) electrons. The Morgan fingerprint density at radius 3 is 2.33 bits per heavy atom. The highest BCUT2D eigenvalue weighted by atomic mass is 16.5. The molecule has 0 unspecified atom stereocenters. The van der Waals surface area contributed by atoms with Gasteiger partial charge in [-0.25, -0.2) is 4.79 Å². The molecule has 0 spiro atoms. The third-order valence-electron chi connectivity index (χ3n) is 7.67. The molecule has 0 amide bonds. The fourth-order valence-electron chi connectivity index (χ4n) is 5.50. The molecule has 1 aliphatic carbocycles. The predicted octanol–water partition coefficient (Wildman–Crippen LogP) is 6.97. The van der Waals surface area contributed by atoms with E-state index in [1.54, 1.807) is 0 Å². The second-order valence-electron chi connectivity index (χ2n) is 10.4. The number of para-hydroxylation sites is 1. The van der Waals surface area contributed by atoms with Gasteiger partial charge in [0, 0.05) is 29.0 Å². The Morgan fingerprint density at radius 2 is 1.62 bits per heavy atom. The molecule has 39 heavy (non-hydrogen) atoms. The van der Waals surface area contributed by atoms with Crippen LogP contribution in [0.5, 0.6) is 5.75 Å². The number of allylic oxidation sites excluding steroid dienone is 3. The van der Waals surface area contributed by atoms with Crippen LogP contribution < -0.4 is 10.1 Å². The van der Waals surface area contributed by atoms with Crippen molar-refractivity contribution in [2.75, 3.05) is 0 Å². The first kappa shape index (κ1) is 26.5. The van der Waals surface area contributed by atoms with Gasteiger partial charge in [0.2, 0.25) is 0 Å². The Labute approximate surface area is 230 Å². The standard InChI is InChI=1S/C34H35NO4/c1-4-22(2)39-34(37)31-23(3)35-28-19-26(25-15-9-6-10-16-25)20-29(36)33(28)32(31)27-17-11-12-18-30(27)38-21-24-13-7-5-8-14-24/h5-18,22,26,32,35H,4,19-21H2,1-3H3/t22-,26-,32-/m1/s1. The van der Waals surface area contributed by atoms with Gasteiger partial charge in [-0.1, -0.05) is 85.8 Å². The van der Waals surface area contributed by atoms with Crippen molar-refractivity contribution in [1.29, 1.82) is 0 Å². The van der Waals surface area contributed by atoms with E-state index in [1.807, 2.05) is 93.6 Å². The topological polar surface area (TPSA) is 64.6 Å². The van der Waals surface area contributed by atoms with Crippen molar-refractivity contribution in [2.45, 2.75) is 64.6 Å². The van der Waals surface area contributed by atoms with Crippen LogP contribution in [0.25, 0.3) is 0 Å². The zero-order chi connectivity index (χ0) is 27.4. The fourth-order valence-corrected chi connectivity index (χ4v) is 5.50. The highest BCUT2D eigenvalue weighted by molar-refractivity contribution is 6.04. The molecule has 3 aromatic rings. The number of dihydropyridines is 1. The van der Waals surface area contributed by atoms with Gasteiger partial charge in [0.1, 0.15) is 12.4 Å². The molecule has 1 aliphatic heterocycles. The maximum atomic E-state index is 13.9. The van der Waals surface area contributed by atoms with Gasteiger partial charge in [-0.3, -0.25) is 4.79 Å². The number of ketones is 1. The summed E-state index contributed by atoms with van der Waals surface area (Å²) in [6.45, 7) is 6.15. The lowest BCUT2D eigenvalue weighted by Crippen LogP contribution is -2.36. The first-order valence-electron chi connectivity index (χ1n) is 13.7. The van der Waals surface area contributed by atoms with Gasteiger partial charge in [-0.15, -0.1) is 0 Å². The number of Topliss-reactive ketones (excluding diaryl/α,β-unsaturated/α-hetero) is 1. The number of benzene rings is 3. The van der Waals surface area contributed by atoms with Crippen molar-refractivity contribution in [3.05, 3.63) is 124 Å². The van der Waals surface area contributed by atoms with Crippen LogP contribution in [0.3, 0.4) is 0 Å². The van der Waals surface area contributed by atoms with Gasteiger partial charge >= 0.3 is 5.97 Å². The number of hydrogen-bond donors (Lipinski definition) is 1. The first-order valence-corrected chi connectivity index (χ1v) is 13.7. The summed E-state index contributed by atoms with van der Waals surface area (Å²) >= 11 is 0. The molecule has 0 saturated carbocycles. The molecule has 0 saturated heterocycles. The lowest BCUT2D eigenvalue weighted by atomic mass is 9.71. The number of carbonyl (C=O) groups excluding carboxylic acids is 2. The van der Waals surface area contributed by atoms with E-state index in [1.165, 1.54) is 0 Å². The summed E-state index contributed by atoms with van der Waals surface area (Å²) < 4.78 is 12.1. The van der Waals surface area contributed by atoms with Gasteiger partial charge in [0.05, 0.1) is 17.6 Å². The van der Waals surface area contributed by atoms with Crippen LogP contribution in [0.1, 0.15) is 68.6 Å². The normalized spacial score (nSPS) is 19.7. The van der Waals surface area contributed by atoms with Crippen molar-refractivity contribution in [3.8, 4) is 5.75 Å². The van der Waals surface area contributed by atoms with E-state index < -0.39 is 11.9 Å². The predicted molar refractivity (Wildman–Crippen MR) is 152 cm³/mol. The number of hydrogen-bond acceptors (Lipinski definition) is 5. The van der Waals surface area contributed by atoms with Crippen molar-refractivity contribution in [2.24, 2.45) is 0 Å². The zero-order valence-electron chi connectivity index (χ0n) is 22.8. The van der Waals surface area contributed by atoms with Gasteiger partial charge in [0.15, 0.2) is 5.78 Å². The average molecular weight is 522 g/mol. The highest BCUT2D eigenvalue weighted by Gasteiger charge is 2.42. The van der Waals surface area contributed by atoms with Gasteiger partial charge < -0.3 is 14.8 Å². The molecule has 2 aliphatic rings. The van der Waals surface area contributed by atoms with Gasteiger partial charge in [-0.2, -0.15) is 0 Å². The SMILES string of the molecule is CC[C@@H](C)OC(=O)C1=C(C)NC2=C(C(=O)C[C@H](c3ccccc3)C2)[C@@H]1c1ccccc1OCc1ccccc1. The molecule has 5 heteroatoms. The lowest BCUT2D eigenvalue weighted by Gasteiger charge is -2.37. The van der Waals surface area contributed by atoms with Crippen LogP contribution in [0.15, 0.2) is 107 Å². The molecule has 3 aromatic carbocycles. The minimum atomic E-state index is -0.575. The quantitative estimate of drug-likeness (QED) is 0.324.